The van der Waals surface area contributed by atoms with Crippen LogP contribution in [-0.2, 0) is 4.79 Å². The molecule has 0 aromatic heterocycles. The number of carbonyl (C=O) groups excluding carboxylic acids is 1. The predicted octanol–water partition coefficient (Wildman–Crippen LogP) is 1.92. The zero-order valence-corrected chi connectivity index (χ0v) is 13.6. The largest absolute Gasteiger partial charge is 0.305 e. The molecule has 1 atom stereocenters. The van der Waals surface area contributed by atoms with E-state index in [0.717, 1.165) is 23.1 Å². The first-order valence-corrected chi connectivity index (χ1v) is 7.55. The molecule has 0 aromatic rings. The highest BCUT2D eigenvalue weighted by atomic mass is 32.2. The van der Waals surface area contributed by atoms with Crippen molar-refractivity contribution in [3.05, 3.63) is 22.9 Å². The number of nitrogens with zero attached hydrogens (tertiary/aromatic N) is 1. The Morgan fingerprint density at radius 3 is 2.50 bits per heavy atom. The topological polar surface area (TPSA) is 41.5 Å². The summed E-state index contributed by atoms with van der Waals surface area (Å²) >= 11 is 1.53. The molecule has 0 aliphatic rings. The molecular weight excluding hydrogens is 262 g/mol. The highest BCUT2D eigenvalue weighted by molar-refractivity contribution is 8.13. The van der Waals surface area contributed by atoms with Gasteiger partial charge in [-0.1, -0.05) is 32.2 Å². The van der Waals surface area contributed by atoms with Crippen molar-refractivity contribution < 1.29 is 4.79 Å². The first-order valence-electron chi connectivity index (χ1n) is 5.98. The van der Waals surface area contributed by atoms with E-state index in [1.54, 1.807) is 7.05 Å². The van der Waals surface area contributed by atoms with E-state index < -0.39 is 0 Å². The van der Waals surface area contributed by atoms with Gasteiger partial charge in [-0.3, -0.25) is 9.79 Å². The van der Waals surface area contributed by atoms with Crippen LogP contribution in [0.5, 0.6) is 0 Å². The van der Waals surface area contributed by atoms with Crippen molar-refractivity contribution >= 4 is 39.9 Å². The summed E-state index contributed by atoms with van der Waals surface area (Å²) in [5.74, 6) is 0.850. The Labute approximate surface area is 118 Å². The molecule has 0 spiro atoms. The Morgan fingerprint density at radius 2 is 2.11 bits per heavy atom. The van der Waals surface area contributed by atoms with Gasteiger partial charge in [-0.25, -0.2) is 0 Å². The van der Waals surface area contributed by atoms with Crippen molar-refractivity contribution in [2.75, 3.05) is 12.8 Å². The van der Waals surface area contributed by atoms with Gasteiger partial charge in [0.2, 0.25) is 5.91 Å². The van der Waals surface area contributed by atoms with Crippen molar-refractivity contribution in [2.24, 2.45) is 4.99 Å². The predicted molar refractivity (Wildman–Crippen MR) is 89.0 cm³/mol. The lowest BCUT2D eigenvalue weighted by molar-refractivity contribution is -0.118. The number of nitrogens with one attached hydrogen (secondary N) is 1. The van der Waals surface area contributed by atoms with E-state index in [1.165, 1.54) is 17.2 Å². The summed E-state index contributed by atoms with van der Waals surface area (Å²) in [7, 11) is 6.29. The minimum atomic E-state index is -0.0389. The standard InChI is InChI=1S/C12H22BN2OPS/c1-5-10(13)9(8(3)17)7-11(16)15-12(14-4)18-6-2/h3,5-7,13,17H2,1-2,4H3,(H,14,15,16)/b10-9+. The van der Waals surface area contributed by atoms with E-state index in [0.29, 0.717) is 11.6 Å². The van der Waals surface area contributed by atoms with Crippen molar-refractivity contribution in [3.63, 3.8) is 0 Å². The van der Waals surface area contributed by atoms with Crippen molar-refractivity contribution in [3.8, 4) is 0 Å². The third kappa shape index (κ3) is 6.41. The lowest BCUT2D eigenvalue weighted by Crippen LogP contribution is -2.28. The van der Waals surface area contributed by atoms with E-state index in [1.807, 2.05) is 14.8 Å². The Morgan fingerprint density at radius 1 is 1.50 bits per heavy atom. The van der Waals surface area contributed by atoms with Crippen LogP contribution in [0.1, 0.15) is 26.7 Å². The van der Waals surface area contributed by atoms with Crippen molar-refractivity contribution in [2.45, 2.75) is 26.7 Å². The second-order valence-corrected chi connectivity index (χ2v) is 5.77. The summed E-state index contributed by atoms with van der Waals surface area (Å²) in [6, 6.07) is 0. The van der Waals surface area contributed by atoms with Crippen molar-refractivity contribution in [1.82, 2.24) is 5.32 Å². The van der Waals surface area contributed by atoms with Crippen LogP contribution >= 0.6 is 21.0 Å². The fourth-order valence-electron chi connectivity index (χ4n) is 1.37. The van der Waals surface area contributed by atoms with Gasteiger partial charge in [-0.2, -0.15) is 0 Å². The second-order valence-electron chi connectivity index (χ2n) is 3.82. The number of rotatable bonds is 5. The van der Waals surface area contributed by atoms with E-state index in [-0.39, 0.29) is 5.91 Å². The molecular formula is C12H22BN2OPS. The van der Waals surface area contributed by atoms with Gasteiger partial charge in [0.1, 0.15) is 7.85 Å². The first-order chi connectivity index (χ1) is 8.46. The fraction of sp³-hybridized carbons (Fsp3) is 0.500. The minimum Gasteiger partial charge on any atom is -0.305 e. The quantitative estimate of drug-likeness (QED) is 0.275. The van der Waals surface area contributed by atoms with E-state index in [4.69, 9.17) is 0 Å². The van der Waals surface area contributed by atoms with Crippen LogP contribution in [0.4, 0.5) is 0 Å². The molecule has 0 heterocycles. The van der Waals surface area contributed by atoms with Crippen LogP contribution in [0.15, 0.2) is 27.9 Å². The minimum absolute atomic E-state index is 0.0389. The number of amidine groups is 1. The van der Waals surface area contributed by atoms with Crippen LogP contribution in [-0.4, -0.2) is 31.7 Å². The fourth-order valence-corrected chi connectivity index (χ4v) is 2.31. The summed E-state index contributed by atoms with van der Waals surface area (Å²) in [5, 5.41) is 4.37. The maximum Gasteiger partial charge on any atom is 0.230 e. The lowest BCUT2D eigenvalue weighted by atomic mass is 9.86. The molecule has 0 aliphatic carbocycles. The Balaban J connectivity index is 4.69. The zero-order chi connectivity index (χ0) is 14.1. The highest BCUT2D eigenvalue weighted by Gasteiger charge is 2.11. The Bertz CT molecular complexity index is 380. The van der Waals surface area contributed by atoms with E-state index in [9.17, 15) is 4.79 Å². The SMILES string of the molecule is B/C(CC)=C(\CC(=O)N/C(=N/C)SCC)C(=C)P. The molecule has 0 aromatic carbocycles. The average Bonchev–Trinajstić information content (AvgIpc) is 2.34. The molecule has 18 heavy (non-hydrogen) atoms. The summed E-state index contributed by atoms with van der Waals surface area (Å²) in [4.78, 5) is 16.0. The molecule has 0 bridgehead atoms. The van der Waals surface area contributed by atoms with Gasteiger partial charge in [-0.05, 0) is 23.1 Å². The molecule has 6 heteroatoms. The lowest BCUT2D eigenvalue weighted by Gasteiger charge is -2.12. The number of allylic oxidation sites excluding steroid dienone is 2. The first kappa shape index (κ1) is 17.5. The van der Waals surface area contributed by atoms with Crippen LogP contribution < -0.4 is 5.32 Å². The highest BCUT2D eigenvalue weighted by Crippen LogP contribution is 2.22. The maximum atomic E-state index is 11.9. The second kappa shape index (κ2) is 9.40. The molecule has 0 radical (unpaired) electrons. The molecule has 1 amide bonds. The normalized spacial score (nSPS) is 13.0. The number of hydrogen-bond acceptors (Lipinski definition) is 3. The molecule has 0 saturated carbocycles. The maximum absolute atomic E-state index is 11.9. The molecule has 0 rings (SSSR count). The van der Waals surface area contributed by atoms with E-state index >= 15 is 0 Å². The Hall–Kier alpha value is -0.535. The van der Waals surface area contributed by atoms with Gasteiger partial charge in [0, 0.05) is 7.05 Å². The average molecular weight is 284 g/mol. The van der Waals surface area contributed by atoms with Gasteiger partial charge < -0.3 is 5.32 Å². The number of thioether (sulfide) groups is 1. The number of hydrogen-bond donors (Lipinski definition) is 1. The zero-order valence-electron chi connectivity index (χ0n) is 11.7. The van der Waals surface area contributed by atoms with Crippen LogP contribution in [0, 0.1) is 0 Å². The molecule has 3 nitrogen and oxygen atoms in total. The summed E-state index contributed by atoms with van der Waals surface area (Å²) in [6.07, 6.45) is 1.28. The number of carbonyl (C=O) groups is 1. The molecule has 1 N–H and O–H groups in total. The van der Waals surface area contributed by atoms with Crippen LogP contribution in [0.25, 0.3) is 0 Å². The molecule has 0 fully saturated rings. The van der Waals surface area contributed by atoms with Gasteiger partial charge in [0.15, 0.2) is 5.17 Å². The van der Waals surface area contributed by atoms with Gasteiger partial charge in [-0.15, -0.1) is 14.7 Å². The molecule has 100 valence electrons. The van der Waals surface area contributed by atoms with E-state index in [2.05, 4.69) is 33.1 Å². The summed E-state index contributed by atoms with van der Waals surface area (Å²) in [6.45, 7) is 8.01. The van der Waals surface area contributed by atoms with Gasteiger partial charge in [0.05, 0.1) is 6.42 Å². The smallest absolute Gasteiger partial charge is 0.230 e. The summed E-state index contributed by atoms with van der Waals surface area (Å²) < 4.78 is 0. The van der Waals surface area contributed by atoms with Gasteiger partial charge >= 0.3 is 0 Å². The number of aliphatic imine (C=N–C) groups is 1. The molecule has 0 saturated heterocycles. The third-order valence-corrected chi connectivity index (χ3v) is 3.70. The summed E-state index contributed by atoms with van der Waals surface area (Å²) in [5.41, 5.74) is 2.21. The number of amides is 1. The monoisotopic (exact) mass is 284 g/mol. The molecule has 1 unspecified atom stereocenters. The van der Waals surface area contributed by atoms with Crippen LogP contribution in [0.2, 0.25) is 0 Å². The van der Waals surface area contributed by atoms with Gasteiger partial charge in [0.25, 0.3) is 0 Å². The third-order valence-electron chi connectivity index (χ3n) is 2.50. The van der Waals surface area contributed by atoms with Crippen molar-refractivity contribution in [1.29, 1.82) is 0 Å². The Kier molecular flexibility index (Phi) is 9.12. The van der Waals surface area contributed by atoms with Crippen LogP contribution in [0.3, 0.4) is 0 Å². The molecule has 0 aliphatic heterocycles.